The molecule has 4 aromatic heterocycles. The smallest absolute Gasteiger partial charge is 0.0134 e. The number of likely N-dealkylation sites (tertiary alicyclic amines) is 2. The van der Waals surface area contributed by atoms with E-state index in [1.54, 1.807) is 55.5 Å². The number of aryl methyl sites for hydroxylation is 2. The van der Waals surface area contributed by atoms with Gasteiger partial charge in [0, 0.05) is 50.1 Å². The third-order valence-electron chi connectivity index (χ3n) is 15.5. The molecule has 16 nitrogen and oxygen atoms in total. The van der Waals surface area contributed by atoms with E-state index >= 15 is 0 Å². The number of carbonyl (C=O) groups is 4. The first-order valence-electron chi connectivity index (χ1n) is 32.0. The SMILES string of the molecule is C#C[C@]1(O)CCN(C)C1=O.CCOC(=O)c1nn(-c2cccc(Br)c2)c2nc(C)sc12.CCOC(=O)c1nn(-c2cccc(C#C[C@]3(O)CCN(C)C3=O)c2)c2nc(C)sc12.[Cl][Pd][Cl].c1ccc(P(c2ccccc2)c2ccccc2)cc1.c1ccc(P(c2ccccc2)c2ccccc2)cc1. The predicted molar refractivity (Wildman–Crippen MR) is 415 cm³/mol. The zero-order valence-electron chi connectivity index (χ0n) is 56.3. The van der Waals surface area contributed by atoms with Crippen LogP contribution in [0.4, 0.5) is 0 Å². The maximum atomic E-state index is 12.3. The van der Waals surface area contributed by atoms with E-state index in [1.165, 1.54) is 64.3 Å². The monoisotopic (exact) mass is 1630 g/mol. The normalized spacial score (nSPS) is 15.1. The summed E-state index contributed by atoms with van der Waals surface area (Å²) in [5, 5.41) is 38.7. The van der Waals surface area contributed by atoms with Crippen molar-refractivity contribution < 1.29 is 54.8 Å². The number of ether oxygens (including phenoxy) is 2. The Labute approximate surface area is 628 Å². The number of thiazole rings is 2. The number of aliphatic hydroxyl groups is 2. The zero-order chi connectivity index (χ0) is 72.8. The van der Waals surface area contributed by atoms with Crippen LogP contribution >= 0.6 is 73.5 Å². The molecule has 2 aliphatic rings. The Kier molecular flexibility index (Phi) is 28.6. The van der Waals surface area contributed by atoms with Gasteiger partial charge in [0.15, 0.2) is 22.7 Å². The Hall–Kier alpha value is -8.54. The number of halogens is 3. The molecule has 0 aliphatic carbocycles. The van der Waals surface area contributed by atoms with Gasteiger partial charge in [0.25, 0.3) is 11.8 Å². The second-order valence-electron chi connectivity index (χ2n) is 22.6. The average Bonchev–Trinajstić information content (AvgIpc) is 1.54. The van der Waals surface area contributed by atoms with Crippen molar-refractivity contribution in [1.29, 1.82) is 0 Å². The third-order valence-corrected chi connectivity index (χ3v) is 22.8. The molecule has 6 heterocycles. The first-order valence-corrected chi connectivity index (χ1v) is 41.1. The van der Waals surface area contributed by atoms with Gasteiger partial charge in [-0.1, -0.05) is 228 Å². The number of terminal acetylenes is 1. The molecule has 12 aromatic rings. The fraction of sp³-hybridized carbons (Fsp3) is 0.179. The Balaban J connectivity index is 0.000000151. The second-order valence-corrected chi connectivity index (χ2v) is 32.7. The number of nitrogens with zero attached hydrogens (tertiary/aromatic N) is 8. The minimum Gasteiger partial charge on any atom is -0.0622 e. The summed E-state index contributed by atoms with van der Waals surface area (Å²) >= 11 is 6.16. The van der Waals surface area contributed by atoms with Gasteiger partial charge < -0.3 is 29.5 Å². The molecule has 102 heavy (non-hydrogen) atoms. The van der Waals surface area contributed by atoms with Crippen LogP contribution in [-0.4, -0.2) is 125 Å². The van der Waals surface area contributed by atoms with Gasteiger partial charge >= 0.3 is 46.9 Å². The van der Waals surface area contributed by atoms with Gasteiger partial charge in [-0.05, 0) is 112 Å². The number of amides is 2. The van der Waals surface area contributed by atoms with Gasteiger partial charge in [-0.3, -0.25) is 9.59 Å². The Morgan fingerprint density at radius 2 is 0.882 bits per heavy atom. The number of hydrogen-bond donors (Lipinski definition) is 2. The van der Waals surface area contributed by atoms with Crippen LogP contribution in [0, 0.1) is 38.0 Å². The van der Waals surface area contributed by atoms with Gasteiger partial charge in [0.1, 0.15) is 9.40 Å². The van der Waals surface area contributed by atoms with E-state index in [1.807, 2.05) is 44.2 Å². The van der Waals surface area contributed by atoms with Crippen molar-refractivity contribution in [3.8, 4) is 35.6 Å². The summed E-state index contributed by atoms with van der Waals surface area (Å²) < 4.78 is 15.8. The van der Waals surface area contributed by atoms with E-state index in [4.69, 9.17) is 35.0 Å². The zero-order valence-corrected chi connectivity index (χ0v) is 64.4. The van der Waals surface area contributed by atoms with Crippen LogP contribution in [0.5, 0.6) is 0 Å². The molecule has 8 aromatic carbocycles. The summed E-state index contributed by atoms with van der Waals surface area (Å²) in [6.45, 7) is 8.88. The van der Waals surface area contributed by atoms with Gasteiger partial charge in [-0.2, -0.15) is 10.2 Å². The summed E-state index contributed by atoms with van der Waals surface area (Å²) in [5.41, 5.74) is 0.721. The number of likely N-dealkylation sites (N-methyl/N-ethyl adjacent to an activating group) is 2. The number of hydrogen-bond acceptors (Lipinski definition) is 14. The molecule has 0 saturated carbocycles. The van der Waals surface area contributed by atoms with Crippen LogP contribution in [-0.2, 0) is 35.0 Å². The molecule has 14 rings (SSSR count). The van der Waals surface area contributed by atoms with E-state index in [2.05, 4.69) is 236 Å². The van der Waals surface area contributed by atoms with Crippen molar-refractivity contribution in [2.45, 2.75) is 51.7 Å². The number of benzene rings is 8. The Morgan fingerprint density at radius 3 is 1.19 bits per heavy atom. The molecule has 0 spiro atoms. The first kappa shape index (κ1) is 77.6. The van der Waals surface area contributed by atoms with Crippen LogP contribution in [0.25, 0.3) is 32.1 Å². The number of esters is 2. The van der Waals surface area contributed by atoms with Crippen molar-refractivity contribution in [3.05, 3.63) is 262 Å². The molecule has 24 heteroatoms. The minimum absolute atomic E-state index is 0.106. The minimum atomic E-state index is -1.66. The van der Waals surface area contributed by atoms with Crippen LogP contribution in [0.3, 0.4) is 0 Å². The van der Waals surface area contributed by atoms with E-state index in [9.17, 15) is 29.4 Å². The average molecular weight is 1630 g/mol. The van der Waals surface area contributed by atoms with E-state index in [0.717, 1.165) is 24.9 Å². The summed E-state index contributed by atoms with van der Waals surface area (Å²) in [4.78, 5) is 59.4. The fourth-order valence-electron chi connectivity index (χ4n) is 10.7. The summed E-state index contributed by atoms with van der Waals surface area (Å²) in [7, 11) is 12.0. The summed E-state index contributed by atoms with van der Waals surface area (Å²) in [6, 6.07) is 79.5. The predicted octanol–water partition coefficient (Wildman–Crippen LogP) is 13.1. The molecule has 2 fully saturated rings. The summed E-state index contributed by atoms with van der Waals surface area (Å²) in [5.74, 6) is 6.02. The number of rotatable bonds is 12. The van der Waals surface area contributed by atoms with E-state index in [-0.39, 0.29) is 40.6 Å². The van der Waals surface area contributed by atoms with Crippen molar-refractivity contribution in [2.75, 3.05) is 40.4 Å². The van der Waals surface area contributed by atoms with Gasteiger partial charge in [0.05, 0.1) is 34.6 Å². The molecule has 0 unspecified atom stereocenters. The van der Waals surface area contributed by atoms with Crippen LogP contribution in [0.2, 0.25) is 0 Å². The van der Waals surface area contributed by atoms with Gasteiger partial charge in [-0.25, -0.2) is 28.9 Å². The third kappa shape index (κ3) is 19.8. The molecule has 0 bridgehead atoms. The van der Waals surface area contributed by atoms with Crippen LogP contribution < -0.4 is 31.8 Å². The standard InChI is InChI=1S/C21H20N4O4S.2C18H15P.C14H12BrN3O2S.C7H9NO2.2ClH.Pd/c1-4-29-19(26)16-17-18(22-13(2)30-17)25(23-16)15-7-5-6-14(12-15)8-9-21(28)10-11-24(3)20(21)27;2*1-4-10-16(11-5-1)19(17-12-6-2-7-13-17)18-14-8-3-9-15-18;1-3-20-14(19)11-12-13(16-8(2)21-12)18(17-11)10-6-4-5-9(15)7-10;1-3-7(10)4-5-8(2)6(7)9;;;/h5-7,12,28H,4,10-11H2,1-3H3;2*1-15H;4-7H,3H2,1-2H3;1,10H,4-5H2,2H3;2*1H;/q;;;;;;;+2/p-2/t21-;;;;7-;;;/m0...0.../s1. The molecule has 2 aliphatic heterocycles. The fourth-order valence-corrected chi connectivity index (χ4v) is 17.4. The number of aromatic nitrogens is 6. The van der Waals surface area contributed by atoms with Crippen LogP contribution in [0.1, 0.15) is 63.2 Å². The number of carbonyl (C=O) groups excluding carboxylic acids is 4. The Bertz CT molecular complexity index is 4590. The van der Waals surface area contributed by atoms with Gasteiger partial charge in [0.2, 0.25) is 11.2 Å². The molecule has 2 amide bonds. The molecule has 2 atom stereocenters. The topological polar surface area (TPSA) is 195 Å². The maximum Gasteiger partial charge on any atom is -0.0134 e. The van der Waals surface area contributed by atoms with Crippen LogP contribution in [0.15, 0.2) is 235 Å². The summed E-state index contributed by atoms with van der Waals surface area (Å²) in [6.07, 6.45) is 5.59. The molecule has 2 saturated heterocycles. The van der Waals surface area contributed by atoms with E-state index in [0.29, 0.717) is 59.1 Å². The van der Waals surface area contributed by atoms with Gasteiger partial charge in [-0.15, -0.1) is 29.1 Å². The molecule has 0 radical (unpaired) electrons. The Morgan fingerprint density at radius 1 is 0.549 bits per heavy atom. The maximum absolute atomic E-state index is 12.3. The first-order chi connectivity index (χ1) is 49.3. The largest absolute Gasteiger partial charge is 0.0622 e. The molecular formula is C78H71BrCl2N8O8P2PdS2. The van der Waals surface area contributed by atoms with Crippen molar-refractivity contribution in [1.82, 2.24) is 39.3 Å². The molecule has 2 N–H and O–H groups in total. The second kappa shape index (κ2) is 37.6. The van der Waals surface area contributed by atoms with E-state index < -0.39 is 44.9 Å². The van der Waals surface area contributed by atoms with Crippen molar-refractivity contribution in [3.63, 3.8) is 0 Å². The molecular weight excluding hydrogens is 1560 g/mol. The number of fused-ring (bicyclic) bond motifs is 2. The van der Waals surface area contributed by atoms with Crippen molar-refractivity contribution >= 4 is 150 Å². The van der Waals surface area contributed by atoms with Crippen molar-refractivity contribution in [2.24, 2.45) is 0 Å². The molecule has 524 valence electrons. The quantitative estimate of drug-likeness (QED) is 0.0509.